The Morgan fingerprint density at radius 3 is 2.29 bits per heavy atom. The smallest absolute Gasteiger partial charge is 0.234 e. The quantitative estimate of drug-likeness (QED) is 0.481. The number of nitrogens with one attached hydrogen (secondary N) is 1. The minimum atomic E-state index is -0.273. The van der Waals surface area contributed by atoms with Crippen LogP contribution in [0, 0.1) is 0 Å². The number of carbonyl (C=O) groups excluding carboxylic acids is 1. The number of carbonyl (C=O) groups is 1. The van der Waals surface area contributed by atoms with Gasteiger partial charge in [0.2, 0.25) is 5.91 Å². The molecule has 31 heavy (non-hydrogen) atoms. The molecule has 1 heterocycles. The third-order valence-corrected chi connectivity index (χ3v) is 5.82. The predicted molar refractivity (Wildman–Crippen MR) is 123 cm³/mol. The zero-order valence-corrected chi connectivity index (χ0v) is 19.3. The zero-order chi connectivity index (χ0) is 22.4. The molecule has 1 aromatic heterocycles. The highest BCUT2D eigenvalue weighted by atomic mass is 32.2. The molecule has 0 radical (unpaired) electrons. The van der Waals surface area contributed by atoms with Crippen LogP contribution in [-0.2, 0) is 11.8 Å². The largest absolute Gasteiger partial charge is 0.497 e. The number of methoxy groups -OCH3 is 1. The molecule has 0 aliphatic heterocycles. The maximum atomic E-state index is 12.3. The molecule has 7 nitrogen and oxygen atoms in total. The summed E-state index contributed by atoms with van der Waals surface area (Å²) in [6.45, 7) is 6.26. The maximum absolute atomic E-state index is 12.3. The van der Waals surface area contributed by atoms with Crippen molar-refractivity contribution in [1.29, 1.82) is 0 Å². The van der Waals surface area contributed by atoms with E-state index < -0.39 is 0 Å². The van der Waals surface area contributed by atoms with E-state index >= 15 is 0 Å². The number of aromatic nitrogens is 3. The fraction of sp³-hybridized carbons (Fsp3) is 0.348. The number of nitrogens with zero attached hydrogens (tertiary/aromatic N) is 3. The van der Waals surface area contributed by atoms with Crippen molar-refractivity contribution in [2.45, 2.75) is 37.9 Å². The molecule has 0 spiro atoms. The van der Waals surface area contributed by atoms with E-state index in [4.69, 9.17) is 9.47 Å². The molecule has 0 saturated heterocycles. The van der Waals surface area contributed by atoms with Crippen molar-refractivity contribution in [3.8, 4) is 11.5 Å². The van der Waals surface area contributed by atoms with Crippen LogP contribution >= 0.6 is 11.8 Å². The lowest BCUT2D eigenvalue weighted by molar-refractivity contribution is -0.113. The van der Waals surface area contributed by atoms with Gasteiger partial charge in [-0.3, -0.25) is 4.79 Å². The minimum Gasteiger partial charge on any atom is -0.497 e. The molecule has 0 aliphatic rings. The van der Waals surface area contributed by atoms with E-state index in [2.05, 4.69) is 41.5 Å². The van der Waals surface area contributed by atoms with Gasteiger partial charge < -0.3 is 19.4 Å². The van der Waals surface area contributed by atoms with Crippen LogP contribution in [0.25, 0.3) is 0 Å². The third kappa shape index (κ3) is 6.01. The first-order valence-electron chi connectivity index (χ1n) is 10.1. The van der Waals surface area contributed by atoms with Gasteiger partial charge in [0.25, 0.3) is 0 Å². The number of benzene rings is 2. The molecule has 0 saturated carbocycles. The number of anilines is 1. The van der Waals surface area contributed by atoms with Gasteiger partial charge in [-0.2, -0.15) is 0 Å². The van der Waals surface area contributed by atoms with Crippen LogP contribution < -0.4 is 14.8 Å². The number of rotatable bonds is 9. The Morgan fingerprint density at radius 1 is 1.03 bits per heavy atom. The van der Waals surface area contributed by atoms with Gasteiger partial charge in [0, 0.05) is 12.7 Å². The average molecular weight is 441 g/mol. The number of hydrogen-bond acceptors (Lipinski definition) is 6. The molecule has 164 valence electrons. The summed E-state index contributed by atoms with van der Waals surface area (Å²) in [6, 6.07) is 15.3. The van der Waals surface area contributed by atoms with Crippen molar-refractivity contribution < 1.29 is 14.3 Å². The van der Waals surface area contributed by atoms with E-state index in [9.17, 15) is 4.79 Å². The molecule has 1 N–H and O–H groups in total. The molecule has 0 fully saturated rings. The van der Waals surface area contributed by atoms with E-state index in [0.29, 0.717) is 16.9 Å². The Balaban J connectivity index is 1.55. The SMILES string of the molecule is COc1ccc(NC(=O)CSc2nnc(C(C)Oc3ccc(C(C)C)cc3)n2C)cc1. The van der Waals surface area contributed by atoms with E-state index in [1.54, 1.807) is 31.4 Å². The first-order chi connectivity index (χ1) is 14.9. The lowest BCUT2D eigenvalue weighted by atomic mass is 10.0. The molecule has 2 aromatic carbocycles. The maximum Gasteiger partial charge on any atom is 0.234 e. The van der Waals surface area contributed by atoms with Crippen LogP contribution in [0.4, 0.5) is 5.69 Å². The van der Waals surface area contributed by atoms with Gasteiger partial charge in [-0.1, -0.05) is 37.7 Å². The molecular formula is C23H28N4O3S. The van der Waals surface area contributed by atoms with Crippen molar-refractivity contribution in [3.63, 3.8) is 0 Å². The average Bonchev–Trinajstić information content (AvgIpc) is 3.13. The van der Waals surface area contributed by atoms with Crippen molar-refractivity contribution in [3.05, 3.63) is 59.9 Å². The van der Waals surface area contributed by atoms with Crippen LogP contribution in [0.15, 0.2) is 53.7 Å². The summed E-state index contributed by atoms with van der Waals surface area (Å²) in [5.74, 6) is 2.82. The summed E-state index contributed by atoms with van der Waals surface area (Å²) in [4.78, 5) is 12.3. The monoisotopic (exact) mass is 440 g/mol. The first kappa shape index (κ1) is 22.7. The highest BCUT2D eigenvalue weighted by Crippen LogP contribution is 2.25. The van der Waals surface area contributed by atoms with Crippen LogP contribution in [0.2, 0.25) is 0 Å². The first-order valence-corrected chi connectivity index (χ1v) is 11.1. The van der Waals surface area contributed by atoms with Gasteiger partial charge in [0.15, 0.2) is 17.1 Å². The molecular weight excluding hydrogens is 412 g/mol. The number of amides is 1. The van der Waals surface area contributed by atoms with Crippen LogP contribution in [0.3, 0.4) is 0 Å². The Hall–Kier alpha value is -3.00. The Bertz CT molecular complexity index is 1000. The van der Waals surface area contributed by atoms with Crippen molar-refractivity contribution in [1.82, 2.24) is 14.8 Å². The van der Waals surface area contributed by atoms with Crippen LogP contribution in [0.1, 0.15) is 44.2 Å². The predicted octanol–water partition coefficient (Wildman–Crippen LogP) is 4.82. The lowest BCUT2D eigenvalue weighted by Gasteiger charge is -2.15. The Labute approximate surface area is 187 Å². The summed E-state index contributed by atoms with van der Waals surface area (Å²) < 4.78 is 13.0. The van der Waals surface area contributed by atoms with Crippen molar-refractivity contribution in [2.24, 2.45) is 7.05 Å². The van der Waals surface area contributed by atoms with Crippen molar-refractivity contribution >= 4 is 23.4 Å². The van der Waals surface area contributed by atoms with E-state index in [1.165, 1.54) is 17.3 Å². The van der Waals surface area contributed by atoms with Gasteiger partial charge in [-0.05, 0) is 54.8 Å². The third-order valence-electron chi connectivity index (χ3n) is 4.80. The second-order valence-corrected chi connectivity index (χ2v) is 8.39. The molecule has 0 aliphatic carbocycles. The molecule has 0 bridgehead atoms. The number of hydrogen-bond donors (Lipinski definition) is 1. The van der Waals surface area contributed by atoms with Gasteiger partial charge >= 0.3 is 0 Å². The number of thioether (sulfide) groups is 1. The summed E-state index contributed by atoms with van der Waals surface area (Å²) >= 11 is 1.33. The normalized spacial score (nSPS) is 11.9. The van der Waals surface area contributed by atoms with Crippen molar-refractivity contribution in [2.75, 3.05) is 18.2 Å². The van der Waals surface area contributed by atoms with Gasteiger partial charge in [0.05, 0.1) is 12.9 Å². The highest BCUT2D eigenvalue weighted by Gasteiger charge is 2.18. The summed E-state index contributed by atoms with van der Waals surface area (Å²) in [6.07, 6.45) is -0.273. The van der Waals surface area contributed by atoms with Crippen LogP contribution in [-0.4, -0.2) is 33.5 Å². The minimum absolute atomic E-state index is 0.116. The zero-order valence-electron chi connectivity index (χ0n) is 18.5. The van der Waals surface area contributed by atoms with Gasteiger partial charge in [0.1, 0.15) is 11.5 Å². The van der Waals surface area contributed by atoms with E-state index in [0.717, 1.165) is 17.2 Å². The molecule has 8 heteroatoms. The van der Waals surface area contributed by atoms with Gasteiger partial charge in [-0.25, -0.2) is 0 Å². The summed E-state index contributed by atoms with van der Waals surface area (Å²) in [5.41, 5.74) is 1.99. The summed E-state index contributed by atoms with van der Waals surface area (Å²) in [5, 5.41) is 12.0. The second kappa shape index (κ2) is 10.3. The standard InChI is InChI=1S/C23H28N4O3S/c1-15(2)17-6-10-20(11-7-17)30-16(3)22-25-26-23(27(22)4)31-14-21(28)24-18-8-12-19(29-5)13-9-18/h6-13,15-16H,14H2,1-5H3,(H,24,28). The number of ether oxygens (including phenoxy) is 2. The molecule has 3 aromatic rings. The Morgan fingerprint density at radius 2 is 1.68 bits per heavy atom. The molecule has 3 rings (SSSR count). The van der Waals surface area contributed by atoms with E-state index in [1.807, 2.05) is 30.7 Å². The molecule has 1 amide bonds. The van der Waals surface area contributed by atoms with E-state index in [-0.39, 0.29) is 17.8 Å². The molecule has 1 atom stereocenters. The fourth-order valence-electron chi connectivity index (χ4n) is 3.00. The van der Waals surface area contributed by atoms with Crippen LogP contribution in [0.5, 0.6) is 11.5 Å². The Kier molecular flexibility index (Phi) is 7.57. The lowest BCUT2D eigenvalue weighted by Crippen LogP contribution is -2.14. The molecule has 1 unspecified atom stereocenters. The highest BCUT2D eigenvalue weighted by molar-refractivity contribution is 7.99. The topological polar surface area (TPSA) is 78.3 Å². The fourth-order valence-corrected chi connectivity index (χ4v) is 3.71. The second-order valence-electron chi connectivity index (χ2n) is 7.45. The van der Waals surface area contributed by atoms with Gasteiger partial charge in [-0.15, -0.1) is 10.2 Å². The summed E-state index contributed by atoms with van der Waals surface area (Å²) in [7, 11) is 3.48.